The molecule has 0 spiro atoms. The molecule has 136 valence electrons. The lowest BCUT2D eigenvalue weighted by atomic mass is 10.1. The Kier molecular flexibility index (Phi) is 4.02. The molecule has 26 heavy (non-hydrogen) atoms. The summed E-state index contributed by atoms with van der Waals surface area (Å²) in [6, 6.07) is 1.89. The van der Waals surface area contributed by atoms with Crippen LogP contribution < -0.4 is 5.32 Å². The molecule has 0 aliphatic rings. The standard InChI is InChI=1S/C17H20N6O3/c1-9-6-10(2)23-14(19-9)13(11(3)21-23)15(24)20-12-7-18-22(8-12)17(4,5)16(25)26/h6-8H,1-5H3,(H,20,24)(H,25,26). The van der Waals surface area contributed by atoms with E-state index in [9.17, 15) is 14.7 Å². The highest BCUT2D eigenvalue weighted by Crippen LogP contribution is 2.20. The number of carbonyl (C=O) groups excluding carboxylic acids is 1. The third kappa shape index (κ3) is 2.81. The van der Waals surface area contributed by atoms with Crippen molar-refractivity contribution < 1.29 is 14.7 Å². The molecule has 0 aromatic carbocycles. The Morgan fingerprint density at radius 2 is 1.92 bits per heavy atom. The number of fused-ring (bicyclic) bond motifs is 1. The Labute approximate surface area is 149 Å². The van der Waals surface area contributed by atoms with Crippen LogP contribution in [0.2, 0.25) is 0 Å². The Morgan fingerprint density at radius 3 is 2.58 bits per heavy atom. The summed E-state index contributed by atoms with van der Waals surface area (Å²) in [5.41, 5.74) is 2.26. The fourth-order valence-electron chi connectivity index (χ4n) is 2.68. The van der Waals surface area contributed by atoms with Gasteiger partial charge in [-0.25, -0.2) is 14.3 Å². The van der Waals surface area contributed by atoms with Crippen LogP contribution in [0, 0.1) is 20.8 Å². The second kappa shape index (κ2) is 5.94. The molecule has 3 aromatic heterocycles. The summed E-state index contributed by atoms with van der Waals surface area (Å²) in [6.07, 6.45) is 2.89. The number of carboxylic acids is 1. The van der Waals surface area contributed by atoms with Gasteiger partial charge in [0.15, 0.2) is 11.2 Å². The van der Waals surface area contributed by atoms with E-state index in [4.69, 9.17) is 0 Å². The van der Waals surface area contributed by atoms with Crippen molar-refractivity contribution in [3.05, 3.63) is 41.1 Å². The van der Waals surface area contributed by atoms with Crippen molar-refractivity contribution in [1.29, 1.82) is 0 Å². The smallest absolute Gasteiger partial charge is 0.331 e. The Bertz CT molecular complexity index is 1030. The van der Waals surface area contributed by atoms with Gasteiger partial charge in [-0.05, 0) is 40.7 Å². The molecule has 1 amide bonds. The summed E-state index contributed by atoms with van der Waals surface area (Å²) in [4.78, 5) is 28.5. The topological polar surface area (TPSA) is 114 Å². The molecule has 0 unspecified atom stereocenters. The van der Waals surface area contributed by atoms with E-state index in [0.29, 0.717) is 22.6 Å². The van der Waals surface area contributed by atoms with Crippen LogP contribution in [0.5, 0.6) is 0 Å². The first-order chi connectivity index (χ1) is 12.1. The Morgan fingerprint density at radius 1 is 1.23 bits per heavy atom. The van der Waals surface area contributed by atoms with Gasteiger partial charge < -0.3 is 10.4 Å². The average Bonchev–Trinajstić information content (AvgIpc) is 3.11. The molecule has 0 radical (unpaired) electrons. The van der Waals surface area contributed by atoms with Gasteiger partial charge in [0.25, 0.3) is 5.91 Å². The quantitative estimate of drug-likeness (QED) is 0.738. The predicted molar refractivity (Wildman–Crippen MR) is 94.3 cm³/mol. The lowest BCUT2D eigenvalue weighted by molar-refractivity contribution is -0.146. The fraction of sp³-hybridized carbons (Fsp3) is 0.353. The number of anilines is 1. The molecule has 3 rings (SSSR count). The van der Waals surface area contributed by atoms with Gasteiger partial charge in [0.05, 0.1) is 17.6 Å². The van der Waals surface area contributed by atoms with E-state index in [0.717, 1.165) is 11.4 Å². The van der Waals surface area contributed by atoms with Crippen LogP contribution in [-0.2, 0) is 10.3 Å². The number of aliphatic carboxylic acids is 1. The minimum absolute atomic E-state index is 0.373. The number of carboxylic acid groups (broad SMARTS) is 1. The minimum Gasteiger partial charge on any atom is -0.479 e. The third-order valence-corrected chi connectivity index (χ3v) is 4.23. The first kappa shape index (κ1) is 17.6. The summed E-state index contributed by atoms with van der Waals surface area (Å²) in [5, 5.41) is 20.4. The zero-order valence-corrected chi connectivity index (χ0v) is 15.2. The highest BCUT2D eigenvalue weighted by atomic mass is 16.4. The van der Waals surface area contributed by atoms with Crippen LogP contribution in [0.3, 0.4) is 0 Å². The number of hydrogen-bond acceptors (Lipinski definition) is 5. The lowest BCUT2D eigenvalue weighted by Crippen LogP contribution is -2.35. The van der Waals surface area contributed by atoms with Crippen molar-refractivity contribution in [1.82, 2.24) is 24.4 Å². The lowest BCUT2D eigenvalue weighted by Gasteiger charge is -2.19. The van der Waals surface area contributed by atoms with Crippen molar-refractivity contribution >= 4 is 23.2 Å². The normalized spacial score (nSPS) is 11.7. The SMILES string of the molecule is Cc1cc(C)n2nc(C)c(C(=O)Nc3cnn(C(C)(C)C(=O)O)c3)c2n1. The molecular formula is C17H20N6O3. The molecule has 3 heterocycles. The molecule has 0 fully saturated rings. The van der Waals surface area contributed by atoms with E-state index in [1.165, 1.54) is 30.9 Å². The number of nitrogens with zero attached hydrogens (tertiary/aromatic N) is 5. The fourth-order valence-corrected chi connectivity index (χ4v) is 2.68. The molecule has 3 aromatic rings. The number of aryl methyl sites for hydroxylation is 3. The largest absolute Gasteiger partial charge is 0.479 e. The second-order valence-electron chi connectivity index (χ2n) is 6.73. The zero-order chi connectivity index (χ0) is 19.2. The van der Waals surface area contributed by atoms with Gasteiger partial charge in [0.2, 0.25) is 0 Å². The first-order valence-corrected chi connectivity index (χ1v) is 8.04. The number of aromatic nitrogens is 5. The van der Waals surface area contributed by atoms with E-state index in [2.05, 4.69) is 20.5 Å². The molecule has 9 heteroatoms. The van der Waals surface area contributed by atoms with Crippen LogP contribution >= 0.6 is 0 Å². The molecule has 0 aliphatic heterocycles. The molecule has 0 saturated carbocycles. The van der Waals surface area contributed by atoms with Crippen molar-refractivity contribution in [3.8, 4) is 0 Å². The van der Waals surface area contributed by atoms with Gasteiger partial charge in [-0.2, -0.15) is 10.2 Å². The van der Waals surface area contributed by atoms with Crippen LogP contribution in [0.25, 0.3) is 5.65 Å². The predicted octanol–water partition coefficient (Wildman–Crippen LogP) is 1.92. The summed E-state index contributed by atoms with van der Waals surface area (Å²) in [5.74, 6) is -1.39. The molecular weight excluding hydrogens is 336 g/mol. The highest BCUT2D eigenvalue weighted by Gasteiger charge is 2.30. The summed E-state index contributed by atoms with van der Waals surface area (Å²) >= 11 is 0. The maximum Gasteiger partial charge on any atom is 0.331 e. The Balaban J connectivity index is 1.95. The summed E-state index contributed by atoms with van der Waals surface area (Å²) in [7, 11) is 0. The number of carbonyl (C=O) groups is 2. The van der Waals surface area contributed by atoms with E-state index < -0.39 is 11.5 Å². The van der Waals surface area contributed by atoms with Crippen molar-refractivity contribution in [3.63, 3.8) is 0 Å². The van der Waals surface area contributed by atoms with Gasteiger partial charge in [-0.15, -0.1) is 0 Å². The van der Waals surface area contributed by atoms with Gasteiger partial charge in [0, 0.05) is 17.6 Å². The van der Waals surface area contributed by atoms with Gasteiger partial charge in [-0.3, -0.25) is 9.48 Å². The molecule has 0 saturated heterocycles. The van der Waals surface area contributed by atoms with Crippen molar-refractivity contribution in [2.75, 3.05) is 5.32 Å². The second-order valence-corrected chi connectivity index (χ2v) is 6.73. The van der Waals surface area contributed by atoms with Crippen LogP contribution in [-0.4, -0.2) is 41.4 Å². The monoisotopic (exact) mass is 356 g/mol. The molecule has 9 nitrogen and oxygen atoms in total. The van der Waals surface area contributed by atoms with E-state index in [1.807, 2.05) is 19.9 Å². The maximum atomic E-state index is 12.8. The zero-order valence-electron chi connectivity index (χ0n) is 15.2. The van der Waals surface area contributed by atoms with Gasteiger partial charge in [-0.1, -0.05) is 0 Å². The third-order valence-electron chi connectivity index (χ3n) is 4.23. The first-order valence-electron chi connectivity index (χ1n) is 8.04. The van der Waals surface area contributed by atoms with Gasteiger partial charge in [0.1, 0.15) is 5.56 Å². The molecule has 2 N–H and O–H groups in total. The van der Waals surface area contributed by atoms with Crippen LogP contribution in [0.15, 0.2) is 18.5 Å². The molecule has 0 aliphatic carbocycles. The van der Waals surface area contributed by atoms with E-state index >= 15 is 0 Å². The number of nitrogens with one attached hydrogen (secondary N) is 1. The molecule has 0 bridgehead atoms. The molecule has 0 atom stereocenters. The van der Waals surface area contributed by atoms with Crippen LogP contribution in [0.4, 0.5) is 5.69 Å². The van der Waals surface area contributed by atoms with E-state index in [-0.39, 0.29) is 5.91 Å². The van der Waals surface area contributed by atoms with Gasteiger partial charge >= 0.3 is 5.97 Å². The maximum absolute atomic E-state index is 12.8. The average molecular weight is 356 g/mol. The number of rotatable bonds is 4. The number of hydrogen-bond donors (Lipinski definition) is 2. The van der Waals surface area contributed by atoms with Crippen molar-refractivity contribution in [2.45, 2.75) is 40.2 Å². The summed E-state index contributed by atoms with van der Waals surface area (Å²) < 4.78 is 2.93. The highest BCUT2D eigenvalue weighted by molar-refractivity contribution is 6.09. The van der Waals surface area contributed by atoms with Crippen molar-refractivity contribution in [2.24, 2.45) is 0 Å². The van der Waals surface area contributed by atoms with E-state index in [1.54, 1.807) is 11.4 Å². The number of amides is 1. The minimum atomic E-state index is -1.22. The summed E-state index contributed by atoms with van der Waals surface area (Å²) in [6.45, 7) is 8.55. The van der Waals surface area contributed by atoms with Crippen LogP contribution in [0.1, 0.15) is 41.3 Å². The Hall–Kier alpha value is -3.23.